The molecule has 0 N–H and O–H groups in total. The quantitative estimate of drug-likeness (QED) is 0.155. The van der Waals surface area contributed by atoms with Crippen LogP contribution in [0, 0.1) is 13.8 Å². The van der Waals surface area contributed by atoms with Gasteiger partial charge >= 0.3 is 0 Å². The second kappa shape index (κ2) is 14.8. The van der Waals surface area contributed by atoms with Crippen LogP contribution in [0.15, 0.2) is 214 Å². The minimum atomic E-state index is 0.00252. The summed E-state index contributed by atoms with van der Waals surface area (Å²) >= 11 is 3.73. The number of rotatable bonds is 6. The molecule has 64 heavy (non-hydrogen) atoms. The third kappa shape index (κ3) is 6.04. The molecule has 0 saturated carbocycles. The van der Waals surface area contributed by atoms with Crippen molar-refractivity contribution in [3.63, 3.8) is 0 Å². The SMILES string of the molecule is Cc1ccc2c(c1)Oc1cc(N(c3ccccc3)c3ccccc3)cc3c1B2c1cc2c(cc1S3)Sc1cc(N(c3ccccc3)c3ccccc3)cc3c1B2c1ccc(C)cc1O3. The van der Waals surface area contributed by atoms with E-state index >= 15 is 0 Å². The molecule has 4 nitrogen and oxygen atoms in total. The van der Waals surface area contributed by atoms with Gasteiger partial charge in [-0.25, -0.2) is 0 Å². The third-order valence-corrected chi connectivity index (χ3v) is 15.2. The summed E-state index contributed by atoms with van der Waals surface area (Å²) in [5, 5.41) is 0. The summed E-state index contributed by atoms with van der Waals surface area (Å²) in [6, 6.07) is 70.3. The Bertz CT molecular complexity index is 3040. The van der Waals surface area contributed by atoms with Gasteiger partial charge in [0.2, 0.25) is 0 Å². The van der Waals surface area contributed by atoms with E-state index in [0.717, 1.165) is 57.1 Å². The third-order valence-electron chi connectivity index (χ3n) is 12.9. The van der Waals surface area contributed by atoms with Gasteiger partial charge < -0.3 is 19.3 Å². The lowest BCUT2D eigenvalue weighted by Gasteiger charge is -2.38. The number of benzene rings is 9. The van der Waals surface area contributed by atoms with E-state index in [1.807, 2.05) is 23.5 Å². The van der Waals surface area contributed by atoms with Crippen LogP contribution in [-0.2, 0) is 0 Å². The van der Waals surface area contributed by atoms with E-state index in [1.165, 1.54) is 63.5 Å². The van der Waals surface area contributed by atoms with Crippen LogP contribution in [0.2, 0.25) is 0 Å². The average molecular weight is 857 g/mol. The number of aryl methyl sites for hydroxylation is 2. The number of anilines is 6. The molecule has 0 unspecified atom stereocenters. The Morgan fingerprint density at radius 3 is 1.08 bits per heavy atom. The lowest BCUT2D eigenvalue weighted by molar-refractivity contribution is 0.486. The van der Waals surface area contributed by atoms with Crippen molar-refractivity contribution in [3.05, 3.63) is 205 Å². The van der Waals surface area contributed by atoms with Crippen molar-refractivity contribution < 1.29 is 9.47 Å². The van der Waals surface area contributed by atoms with Gasteiger partial charge in [0, 0.05) is 54.5 Å². The molecule has 4 aliphatic rings. The van der Waals surface area contributed by atoms with Crippen LogP contribution in [0.5, 0.6) is 23.0 Å². The smallest absolute Gasteiger partial charge is 0.253 e. The Hall–Kier alpha value is -6.99. The maximum absolute atomic E-state index is 7.00. The minimum absolute atomic E-state index is 0.00252. The predicted molar refractivity (Wildman–Crippen MR) is 269 cm³/mol. The number of hydrogen-bond donors (Lipinski definition) is 0. The van der Waals surface area contributed by atoms with Gasteiger partial charge in [0.15, 0.2) is 0 Å². The van der Waals surface area contributed by atoms with Crippen molar-refractivity contribution in [1.29, 1.82) is 0 Å². The van der Waals surface area contributed by atoms with Crippen LogP contribution in [-0.4, -0.2) is 13.4 Å². The van der Waals surface area contributed by atoms with Crippen LogP contribution < -0.4 is 52.1 Å². The molecule has 0 spiro atoms. The Morgan fingerprint density at radius 2 is 0.703 bits per heavy atom. The molecular weight excluding hydrogens is 818 g/mol. The molecule has 0 bridgehead atoms. The molecule has 302 valence electrons. The molecule has 0 aromatic heterocycles. The first-order chi connectivity index (χ1) is 31.5. The highest BCUT2D eigenvalue weighted by atomic mass is 32.2. The van der Waals surface area contributed by atoms with Crippen LogP contribution in [0.1, 0.15) is 11.1 Å². The monoisotopic (exact) mass is 856 g/mol. The Kier molecular flexibility index (Phi) is 8.69. The number of ether oxygens (including phenoxy) is 2. The first-order valence-corrected chi connectivity index (χ1v) is 23.4. The van der Waals surface area contributed by atoms with E-state index in [2.05, 4.69) is 218 Å². The van der Waals surface area contributed by atoms with Crippen LogP contribution in [0.25, 0.3) is 0 Å². The van der Waals surface area contributed by atoms with Crippen LogP contribution in [0.4, 0.5) is 34.1 Å². The Labute approximate surface area is 382 Å². The fourth-order valence-corrected chi connectivity index (χ4v) is 12.6. The summed E-state index contributed by atoms with van der Waals surface area (Å²) in [5.74, 6) is 3.66. The van der Waals surface area contributed by atoms with Gasteiger partial charge in [0.05, 0.1) is 11.4 Å². The molecule has 0 radical (unpaired) electrons. The molecule has 9 aromatic rings. The van der Waals surface area contributed by atoms with Crippen molar-refractivity contribution in [3.8, 4) is 23.0 Å². The molecule has 0 fully saturated rings. The molecular formula is C56H38B2N2O2S2. The summed E-state index contributed by atoms with van der Waals surface area (Å²) < 4.78 is 14.0. The van der Waals surface area contributed by atoms with Gasteiger partial charge in [-0.3, -0.25) is 0 Å². The number of para-hydroxylation sites is 4. The summed E-state index contributed by atoms with van der Waals surface area (Å²) in [6.07, 6.45) is 0. The van der Waals surface area contributed by atoms with Crippen molar-refractivity contribution in [2.75, 3.05) is 9.80 Å². The second-order valence-electron chi connectivity index (χ2n) is 17.0. The van der Waals surface area contributed by atoms with Gasteiger partial charge in [-0.2, -0.15) is 0 Å². The normalized spacial score (nSPS) is 13.2. The van der Waals surface area contributed by atoms with Gasteiger partial charge in [-0.05, 0) is 126 Å². The number of hydrogen-bond acceptors (Lipinski definition) is 6. The average Bonchev–Trinajstić information content (AvgIpc) is 3.32. The zero-order chi connectivity index (χ0) is 42.5. The zero-order valence-corrected chi connectivity index (χ0v) is 36.8. The van der Waals surface area contributed by atoms with Crippen molar-refractivity contribution in [2.24, 2.45) is 0 Å². The number of fused-ring (bicyclic) bond motifs is 8. The fraction of sp³-hybridized carbons (Fsp3) is 0.0357. The highest BCUT2D eigenvalue weighted by Gasteiger charge is 2.44. The van der Waals surface area contributed by atoms with Crippen LogP contribution >= 0.6 is 23.5 Å². The minimum Gasteiger partial charge on any atom is -0.458 e. The highest BCUT2D eigenvalue weighted by Crippen LogP contribution is 2.47. The molecule has 13 rings (SSSR count). The van der Waals surface area contributed by atoms with E-state index in [4.69, 9.17) is 9.47 Å². The topological polar surface area (TPSA) is 24.9 Å². The maximum Gasteiger partial charge on any atom is 0.253 e. The highest BCUT2D eigenvalue weighted by molar-refractivity contribution is 8.01. The lowest BCUT2D eigenvalue weighted by atomic mass is 9.32. The molecule has 0 amide bonds. The molecule has 9 aromatic carbocycles. The van der Waals surface area contributed by atoms with E-state index < -0.39 is 0 Å². The molecule has 4 heterocycles. The van der Waals surface area contributed by atoms with Crippen molar-refractivity contribution in [2.45, 2.75) is 33.4 Å². The standard InChI is InChI=1S/C56H38B2N2O2S2/c1-35-23-25-43-47(27-35)61-49-29-41(59(37-15-7-3-8-16-37)38-17-9-4-10-18-38)31-53-55(49)57(43)45-33-46-52(34-51(45)63-53)64-54-32-42(60(39-19-11-5-12-20-39)40-21-13-6-14-22-40)30-50-56(54)58(46)44-26-24-36(2)28-48(44)62-50/h3-34H,1-2H3. The van der Waals surface area contributed by atoms with Crippen molar-refractivity contribution >= 4 is 104 Å². The van der Waals surface area contributed by atoms with Gasteiger partial charge in [0.1, 0.15) is 23.0 Å². The molecule has 4 aliphatic heterocycles. The molecule has 8 heteroatoms. The fourth-order valence-electron chi connectivity index (χ4n) is 10.1. The van der Waals surface area contributed by atoms with E-state index in [1.54, 1.807) is 0 Å². The maximum atomic E-state index is 7.00. The molecule has 0 aliphatic carbocycles. The van der Waals surface area contributed by atoms with Gasteiger partial charge in [0.25, 0.3) is 13.4 Å². The summed E-state index contributed by atoms with van der Waals surface area (Å²) in [7, 11) is 0. The Balaban J connectivity index is 1.01. The van der Waals surface area contributed by atoms with Gasteiger partial charge in [-0.1, -0.05) is 138 Å². The molecule has 0 atom stereocenters. The second-order valence-corrected chi connectivity index (χ2v) is 19.2. The Morgan fingerprint density at radius 1 is 0.328 bits per heavy atom. The number of nitrogens with zero attached hydrogens (tertiary/aromatic N) is 2. The first kappa shape index (κ1) is 37.6. The predicted octanol–water partition coefficient (Wildman–Crippen LogP) is 11.4. The summed E-state index contributed by atoms with van der Waals surface area (Å²) in [6.45, 7) is 4.30. The van der Waals surface area contributed by atoms with E-state index in [-0.39, 0.29) is 13.4 Å². The first-order valence-electron chi connectivity index (χ1n) is 21.8. The largest absolute Gasteiger partial charge is 0.458 e. The van der Waals surface area contributed by atoms with Gasteiger partial charge in [-0.15, -0.1) is 0 Å². The summed E-state index contributed by atoms with van der Waals surface area (Å²) in [4.78, 5) is 9.66. The van der Waals surface area contributed by atoms with Crippen LogP contribution in [0.3, 0.4) is 0 Å². The molecule has 0 saturated heterocycles. The summed E-state index contributed by atoms with van der Waals surface area (Å²) in [5.41, 5.74) is 16.4. The lowest BCUT2D eigenvalue weighted by Crippen LogP contribution is -2.62. The van der Waals surface area contributed by atoms with Crippen molar-refractivity contribution in [1.82, 2.24) is 0 Å². The van der Waals surface area contributed by atoms with E-state index in [9.17, 15) is 0 Å². The van der Waals surface area contributed by atoms with E-state index in [0.29, 0.717) is 0 Å². The zero-order valence-electron chi connectivity index (χ0n) is 35.2.